The molecule has 0 unspecified atom stereocenters. The Balaban J connectivity index is 1.48. The minimum absolute atomic E-state index is 0.172. The lowest BCUT2D eigenvalue weighted by atomic mass is 9.94. The first-order valence-electron chi connectivity index (χ1n) is 9.26. The summed E-state index contributed by atoms with van der Waals surface area (Å²) < 4.78 is 33.3. The number of amides is 1. The van der Waals surface area contributed by atoms with Crippen molar-refractivity contribution in [2.75, 3.05) is 6.61 Å². The number of halogens is 2. The second-order valence-corrected chi connectivity index (χ2v) is 7.31. The van der Waals surface area contributed by atoms with Gasteiger partial charge in [0.1, 0.15) is 18.0 Å². The molecule has 140 valence electrons. The fourth-order valence-corrected chi connectivity index (χ4v) is 4.07. The first kappa shape index (κ1) is 17.7. The third-order valence-corrected chi connectivity index (χ3v) is 5.49. The van der Waals surface area contributed by atoms with E-state index in [1.54, 1.807) is 0 Å². The minimum Gasteiger partial charge on any atom is -0.486 e. The van der Waals surface area contributed by atoms with E-state index < -0.39 is 23.1 Å². The van der Waals surface area contributed by atoms with Crippen molar-refractivity contribution in [2.45, 2.75) is 38.0 Å². The van der Waals surface area contributed by atoms with Gasteiger partial charge in [-0.3, -0.25) is 4.79 Å². The summed E-state index contributed by atoms with van der Waals surface area (Å²) in [4.78, 5) is 11.2. The van der Waals surface area contributed by atoms with Gasteiger partial charge in [0.15, 0.2) is 11.6 Å². The van der Waals surface area contributed by atoms with Crippen LogP contribution >= 0.6 is 0 Å². The van der Waals surface area contributed by atoms with Gasteiger partial charge < -0.3 is 10.5 Å². The molecule has 0 atom stereocenters. The van der Waals surface area contributed by atoms with E-state index in [0.29, 0.717) is 5.92 Å². The predicted octanol–water partition coefficient (Wildman–Crippen LogP) is 4.74. The molecule has 2 aromatic rings. The molecule has 2 aliphatic rings. The van der Waals surface area contributed by atoms with Crippen molar-refractivity contribution >= 4 is 12.0 Å². The zero-order valence-corrected chi connectivity index (χ0v) is 14.9. The van der Waals surface area contributed by atoms with E-state index in [0.717, 1.165) is 18.1 Å². The lowest BCUT2D eigenvalue weighted by Crippen LogP contribution is -2.16. The molecule has 1 saturated carbocycles. The van der Waals surface area contributed by atoms with Crippen molar-refractivity contribution in [3.63, 3.8) is 0 Å². The molecule has 0 radical (unpaired) electrons. The van der Waals surface area contributed by atoms with E-state index in [4.69, 9.17) is 10.5 Å². The molecule has 0 heterocycles. The maximum atomic E-state index is 14.3. The lowest BCUT2D eigenvalue weighted by Gasteiger charge is -2.11. The Hall–Kier alpha value is -2.69. The van der Waals surface area contributed by atoms with Gasteiger partial charge in [0.2, 0.25) is 0 Å². The van der Waals surface area contributed by atoms with Gasteiger partial charge in [-0.25, -0.2) is 8.78 Å². The smallest absolute Gasteiger partial charge is 0.254 e. The van der Waals surface area contributed by atoms with E-state index in [1.165, 1.54) is 48.4 Å². The number of ether oxygens (including phenoxy) is 1. The molecule has 4 rings (SSSR count). The van der Waals surface area contributed by atoms with Gasteiger partial charge in [0.25, 0.3) is 5.91 Å². The molecule has 0 spiro atoms. The molecule has 1 amide bonds. The van der Waals surface area contributed by atoms with Gasteiger partial charge in [0, 0.05) is 0 Å². The highest BCUT2D eigenvalue weighted by Gasteiger charge is 2.22. The van der Waals surface area contributed by atoms with Crippen molar-refractivity contribution in [3.8, 4) is 5.75 Å². The number of primary amides is 1. The van der Waals surface area contributed by atoms with E-state index in [2.05, 4.69) is 24.3 Å². The molecule has 5 heteroatoms. The second kappa shape index (κ2) is 7.14. The van der Waals surface area contributed by atoms with Crippen LogP contribution in [0.3, 0.4) is 0 Å². The van der Waals surface area contributed by atoms with Gasteiger partial charge in [-0.15, -0.1) is 0 Å². The Bertz CT molecular complexity index is 930. The molecule has 2 aromatic carbocycles. The summed E-state index contributed by atoms with van der Waals surface area (Å²) in [5, 5.41) is 0. The number of rotatable bonds is 5. The summed E-state index contributed by atoms with van der Waals surface area (Å²) in [6, 6.07) is 8.80. The maximum Gasteiger partial charge on any atom is 0.254 e. The Morgan fingerprint density at radius 3 is 2.67 bits per heavy atom. The van der Waals surface area contributed by atoms with Crippen LogP contribution in [0.15, 0.2) is 35.9 Å². The summed E-state index contributed by atoms with van der Waals surface area (Å²) >= 11 is 0. The van der Waals surface area contributed by atoms with Gasteiger partial charge in [-0.2, -0.15) is 0 Å². The SMILES string of the molecule is NC(=O)c1c(F)ccc(OCC2=Cc3cc(C4CCCC4)ccc3C2)c1F. The molecule has 1 fully saturated rings. The molecule has 3 nitrogen and oxygen atoms in total. The van der Waals surface area contributed by atoms with Crippen LogP contribution in [0, 0.1) is 11.6 Å². The van der Waals surface area contributed by atoms with Crippen LogP contribution in [0.2, 0.25) is 0 Å². The minimum atomic E-state index is -1.15. The summed E-state index contributed by atoms with van der Waals surface area (Å²) in [6.07, 6.45) is 7.92. The maximum absolute atomic E-state index is 14.3. The molecule has 2 N–H and O–H groups in total. The number of fused-ring (bicyclic) bond motifs is 1. The zero-order chi connectivity index (χ0) is 19.0. The monoisotopic (exact) mass is 369 g/mol. The van der Waals surface area contributed by atoms with Gasteiger partial charge in [-0.05, 0) is 59.6 Å². The highest BCUT2D eigenvalue weighted by molar-refractivity contribution is 5.93. The second-order valence-electron chi connectivity index (χ2n) is 7.31. The molecule has 0 aromatic heterocycles. The molecule has 0 aliphatic heterocycles. The Labute approximate surface area is 156 Å². The summed E-state index contributed by atoms with van der Waals surface area (Å²) in [5.41, 5.74) is 9.09. The fraction of sp³-hybridized carbons (Fsp3) is 0.318. The van der Waals surface area contributed by atoms with Crippen LogP contribution < -0.4 is 10.5 Å². The number of hydrogen-bond donors (Lipinski definition) is 1. The number of hydrogen-bond acceptors (Lipinski definition) is 2. The lowest BCUT2D eigenvalue weighted by molar-refractivity contribution is 0.0991. The Morgan fingerprint density at radius 1 is 1.15 bits per heavy atom. The van der Waals surface area contributed by atoms with Crippen LogP contribution in [0.4, 0.5) is 8.78 Å². The summed E-state index contributed by atoms with van der Waals surface area (Å²) in [6.45, 7) is 0.175. The fourth-order valence-electron chi connectivity index (χ4n) is 4.07. The van der Waals surface area contributed by atoms with Crippen LogP contribution in [0.5, 0.6) is 5.75 Å². The Morgan fingerprint density at radius 2 is 1.93 bits per heavy atom. The average molecular weight is 369 g/mol. The van der Waals surface area contributed by atoms with Gasteiger partial charge >= 0.3 is 0 Å². The summed E-state index contributed by atoms with van der Waals surface area (Å²) in [7, 11) is 0. The quantitative estimate of drug-likeness (QED) is 0.828. The van der Waals surface area contributed by atoms with Crippen molar-refractivity contribution in [1.82, 2.24) is 0 Å². The first-order chi connectivity index (χ1) is 13.0. The number of carbonyl (C=O) groups excluding carboxylic acids is 1. The highest BCUT2D eigenvalue weighted by Crippen LogP contribution is 2.36. The third-order valence-electron chi connectivity index (χ3n) is 5.49. The molecular formula is C22H21F2NO2. The predicted molar refractivity (Wildman–Crippen MR) is 99.7 cm³/mol. The van der Waals surface area contributed by atoms with Crippen LogP contribution in [-0.2, 0) is 6.42 Å². The number of benzene rings is 2. The normalized spacial score (nSPS) is 16.3. The van der Waals surface area contributed by atoms with E-state index in [-0.39, 0.29) is 12.4 Å². The van der Waals surface area contributed by atoms with Crippen molar-refractivity contribution < 1.29 is 18.3 Å². The van der Waals surface area contributed by atoms with Crippen LogP contribution in [-0.4, -0.2) is 12.5 Å². The Kier molecular flexibility index (Phi) is 4.68. The summed E-state index contributed by atoms with van der Waals surface area (Å²) in [5.74, 6) is -2.71. The van der Waals surface area contributed by atoms with E-state index >= 15 is 0 Å². The molecule has 0 saturated heterocycles. The van der Waals surface area contributed by atoms with Crippen molar-refractivity contribution in [1.29, 1.82) is 0 Å². The van der Waals surface area contributed by atoms with Crippen molar-refractivity contribution in [2.24, 2.45) is 5.73 Å². The molecule has 0 bridgehead atoms. The average Bonchev–Trinajstić information content (AvgIpc) is 3.29. The molecule has 27 heavy (non-hydrogen) atoms. The number of carbonyl (C=O) groups is 1. The zero-order valence-electron chi connectivity index (χ0n) is 14.9. The third kappa shape index (κ3) is 3.46. The van der Waals surface area contributed by atoms with Crippen LogP contribution in [0.25, 0.3) is 6.08 Å². The standard InChI is InChI=1S/C22H21F2NO2/c23-18-7-8-19(21(24)20(18)22(25)26)27-12-13-9-15-5-6-16(11-17(15)10-13)14-3-1-2-4-14/h5-8,10-11,14H,1-4,9,12H2,(H2,25,26). The van der Waals surface area contributed by atoms with Crippen LogP contribution in [0.1, 0.15) is 58.6 Å². The topological polar surface area (TPSA) is 52.3 Å². The first-order valence-corrected chi connectivity index (χ1v) is 9.26. The van der Waals surface area contributed by atoms with Gasteiger partial charge in [0.05, 0.1) is 0 Å². The van der Waals surface area contributed by atoms with Gasteiger partial charge in [-0.1, -0.05) is 37.1 Å². The highest BCUT2D eigenvalue weighted by atomic mass is 19.1. The van der Waals surface area contributed by atoms with Crippen molar-refractivity contribution in [3.05, 3.63) is 69.8 Å². The van der Waals surface area contributed by atoms with E-state index in [1.807, 2.05) is 0 Å². The number of nitrogens with two attached hydrogens (primary N) is 1. The molecular weight excluding hydrogens is 348 g/mol. The molecule has 2 aliphatic carbocycles. The largest absolute Gasteiger partial charge is 0.486 e. The van der Waals surface area contributed by atoms with E-state index in [9.17, 15) is 13.6 Å².